The van der Waals surface area contributed by atoms with Crippen LogP contribution in [0.25, 0.3) is 0 Å². The van der Waals surface area contributed by atoms with E-state index < -0.39 is 0 Å². The average Bonchev–Trinajstić information content (AvgIpc) is 3.26. The molecule has 5 aliphatic rings. The molecule has 4 saturated carbocycles. The fourth-order valence-corrected chi connectivity index (χ4v) is 8.29. The molecule has 6 atom stereocenters. The third-order valence-electron chi connectivity index (χ3n) is 9.90. The standard InChI is InChI=1S/C27H38N2O3/c1-29-11-10-27(21-4-5-23(30-2)24(14-21)31-3)9-7-22(15-25(27)29)28-32-26-8-6-19-12-18(16-26)13-20(19)17-26/h4-5,14,18-20,25H,6-13,15-17H2,1-3H3/b28-22-/t18?,19?,20?,25-,26?,27-/m0/s1. The Labute approximate surface area is 192 Å². The molecule has 6 rings (SSSR count). The summed E-state index contributed by atoms with van der Waals surface area (Å²) in [5.74, 6) is 4.42. The highest BCUT2D eigenvalue weighted by Gasteiger charge is 2.54. The van der Waals surface area contributed by atoms with Crippen LogP contribution >= 0.6 is 0 Å². The zero-order valence-electron chi connectivity index (χ0n) is 19.9. The first-order valence-electron chi connectivity index (χ1n) is 12.7. The van der Waals surface area contributed by atoms with Crippen LogP contribution in [-0.2, 0) is 10.3 Å². The quantitative estimate of drug-likeness (QED) is 0.595. The van der Waals surface area contributed by atoms with E-state index in [4.69, 9.17) is 19.5 Å². The highest BCUT2D eigenvalue weighted by atomic mass is 16.6. The van der Waals surface area contributed by atoms with Gasteiger partial charge in [0, 0.05) is 17.9 Å². The topological polar surface area (TPSA) is 43.3 Å². The minimum Gasteiger partial charge on any atom is -0.493 e. The summed E-state index contributed by atoms with van der Waals surface area (Å²) in [5, 5.41) is 4.90. The van der Waals surface area contributed by atoms with Crippen LogP contribution in [0, 0.1) is 17.8 Å². The normalized spacial score (nSPS) is 41.7. The molecule has 174 valence electrons. The summed E-state index contributed by atoms with van der Waals surface area (Å²) in [7, 11) is 5.70. The second kappa shape index (κ2) is 7.65. The van der Waals surface area contributed by atoms with Crippen molar-refractivity contribution < 1.29 is 14.3 Å². The lowest BCUT2D eigenvalue weighted by Crippen LogP contribution is -2.46. The third kappa shape index (κ3) is 3.18. The number of hydrogen-bond donors (Lipinski definition) is 0. The van der Waals surface area contributed by atoms with Gasteiger partial charge in [0.2, 0.25) is 0 Å². The van der Waals surface area contributed by atoms with Crippen molar-refractivity contribution in [1.29, 1.82) is 0 Å². The number of benzene rings is 1. The second-order valence-electron chi connectivity index (χ2n) is 11.4. The molecule has 5 fully saturated rings. The lowest BCUT2D eigenvalue weighted by molar-refractivity contribution is -0.108. The molecule has 3 bridgehead atoms. The van der Waals surface area contributed by atoms with Gasteiger partial charge in [0.15, 0.2) is 11.5 Å². The van der Waals surface area contributed by atoms with E-state index in [9.17, 15) is 0 Å². The van der Waals surface area contributed by atoms with Crippen LogP contribution in [0.3, 0.4) is 0 Å². The minimum absolute atomic E-state index is 0.0487. The van der Waals surface area contributed by atoms with Crippen LogP contribution in [0.4, 0.5) is 0 Å². The Morgan fingerprint density at radius 2 is 1.84 bits per heavy atom. The number of nitrogens with zero attached hydrogens (tertiary/aromatic N) is 2. The van der Waals surface area contributed by atoms with Gasteiger partial charge in [-0.3, -0.25) is 0 Å². The summed E-state index contributed by atoms with van der Waals surface area (Å²) in [6.07, 6.45) is 12.3. The molecule has 5 nitrogen and oxygen atoms in total. The molecule has 0 N–H and O–H groups in total. The molecule has 0 amide bonds. The van der Waals surface area contributed by atoms with E-state index >= 15 is 0 Å². The Morgan fingerprint density at radius 3 is 2.69 bits per heavy atom. The van der Waals surface area contributed by atoms with Gasteiger partial charge < -0.3 is 19.2 Å². The van der Waals surface area contributed by atoms with Gasteiger partial charge in [-0.2, -0.15) is 0 Å². The number of hydrogen-bond acceptors (Lipinski definition) is 5. The summed E-state index contributed by atoms with van der Waals surface area (Å²) < 4.78 is 11.1. The molecule has 4 unspecified atom stereocenters. The summed E-state index contributed by atoms with van der Waals surface area (Å²) in [5.41, 5.74) is 2.86. The molecular formula is C27H38N2O3. The molecular weight excluding hydrogens is 400 g/mol. The maximum Gasteiger partial charge on any atom is 0.161 e. The Morgan fingerprint density at radius 1 is 1.00 bits per heavy atom. The number of ether oxygens (including phenoxy) is 2. The van der Waals surface area contributed by atoms with Crippen molar-refractivity contribution in [2.75, 3.05) is 27.8 Å². The average molecular weight is 439 g/mol. The minimum atomic E-state index is 0.0487. The predicted octanol–water partition coefficient (Wildman–Crippen LogP) is 5.17. The van der Waals surface area contributed by atoms with E-state index in [1.165, 1.54) is 56.2 Å². The first kappa shape index (κ1) is 20.8. The molecule has 1 aliphatic heterocycles. The molecule has 0 spiro atoms. The first-order chi connectivity index (χ1) is 15.5. The van der Waals surface area contributed by atoms with E-state index in [1.807, 2.05) is 0 Å². The SMILES string of the molecule is COc1ccc([C@@]23CC/C(=N/OC45CCC6CC(CC6C4)C5)C[C@@H]2N(C)CC3)cc1OC. The van der Waals surface area contributed by atoms with Crippen molar-refractivity contribution in [3.05, 3.63) is 23.8 Å². The van der Waals surface area contributed by atoms with Gasteiger partial charge in [0.05, 0.1) is 19.9 Å². The molecule has 0 radical (unpaired) electrons. The fraction of sp³-hybridized carbons (Fsp3) is 0.741. The zero-order valence-corrected chi connectivity index (χ0v) is 19.9. The molecule has 1 heterocycles. The maximum atomic E-state index is 6.50. The van der Waals surface area contributed by atoms with E-state index in [1.54, 1.807) is 14.2 Å². The number of likely N-dealkylation sites (N-methyl/N-ethyl adjacent to an activating group) is 1. The smallest absolute Gasteiger partial charge is 0.161 e. The predicted molar refractivity (Wildman–Crippen MR) is 126 cm³/mol. The van der Waals surface area contributed by atoms with Crippen molar-refractivity contribution in [2.24, 2.45) is 22.9 Å². The van der Waals surface area contributed by atoms with Crippen molar-refractivity contribution in [2.45, 2.75) is 81.3 Å². The largest absolute Gasteiger partial charge is 0.493 e. The lowest BCUT2D eigenvalue weighted by atomic mass is 9.65. The van der Waals surface area contributed by atoms with Crippen LogP contribution in [0.1, 0.15) is 69.8 Å². The van der Waals surface area contributed by atoms with Gasteiger partial charge in [0.1, 0.15) is 5.60 Å². The van der Waals surface area contributed by atoms with E-state index in [-0.39, 0.29) is 11.0 Å². The maximum absolute atomic E-state index is 6.50. The Kier molecular flexibility index (Phi) is 4.98. The fourth-order valence-electron chi connectivity index (χ4n) is 8.29. The number of methoxy groups -OCH3 is 2. The molecule has 1 aromatic rings. The monoisotopic (exact) mass is 438 g/mol. The van der Waals surface area contributed by atoms with Gasteiger partial charge in [-0.1, -0.05) is 11.2 Å². The van der Waals surface area contributed by atoms with Gasteiger partial charge in [0.25, 0.3) is 0 Å². The molecule has 32 heavy (non-hydrogen) atoms. The second-order valence-corrected chi connectivity index (χ2v) is 11.4. The molecule has 1 aromatic carbocycles. The van der Waals surface area contributed by atoms with Crippen LogP contribution < -0.4 is 9.47 Å². The molecule has 1 saturated heterocycles. The number of rotatable bonds is 5. The Balaban J connectivity index is 1.22. The summed E-state index contributed by atoms with van der Waals surface area (Å²) in [4.78, 5) is 9.04. The Hall–Kier alpha value is -1.75. The van der Waals surface area contributed by atoms with Gasteiger partial charge >= 0.3 is 0 Å². The first-order valence-corrected chi connectivity index (χ1v) is 12.7. The summed E-state index contributed by atoms with van der Waals surface area (Å²) in [6.45, 7) is 1.13. The molecule has 0 aromatic heterocycles. The van der Waals surface area contributed by atoms with Crippen LogP contribution in [-0.4, -0.2) is 50.1 Å². The van der Waals surface area contributed by atoms with E-state index in [0.717, 1.165) is 55.1 Å². The number of fused-ring (bicyclic) bond motifs is 3. The number of oxime groups is 1. The van der Waals surface area contributed by atoms with Crippen LogP contribution in [0.15, 0.2) is 23.4 Å². The van der Waals surface area contributed by atoms with Crippen LogP contribution in [0.5, 0.6) is 11.5 Å². The Bertz CT molecular complexity index is 912. The van der Waals surface area contributed by atoms with Crippen molar-refractivity contribution in [3.8, 4) is 11.5 Å². The van der Waals surface area contributed by atoms with Gasteiger partial charge in [-0.05, 0) is 107 Å². The third-order valence-corrected chi connectivity index (χ3v) is 9.90. The summed E-state index contributed by atoms with van der Waals surface area (Å²) in [6, 6.07) is 6.99. The van der Waals surface area contributed by atoms with Gasteiger partial charge in [-0.15, -0.1) is 0 Å². The highest BCUT2D eigenvalue weighted by molar-refractivity contribution is 5.86. The van der Waals surface area contributed by atoms with Gasteiger partial charge in [-0.25, -0.2) is 0 Å². The highest BCUT2D eigenvalue weighted by Crippen LogP contribution is 2.58. The van der Waals surface area contributed by atoms with Crippen molar-refractivity contribution in [1.82, 2.24) is 4.90 Å². The lowest BCUT2D eigenvalue weighted by Gasteiger charge is -2.44. The van der Waals surface area contributed by atoms with Crippen molar-refractivity contribution in [3.63, 3.8) is 0 Å². The molecule has 4 aliphatic carbocycles. The zero-order chi connectivity index (χ0) is 21.9. The summed E-state index contributed by atoms with van der Waals surface area (Å²) >= 11 is 0. The van der Waals surface area contributed by atoms with Crippen LogP contribution in [0.2, 0.25) is 0 Å². The van der Waals surface area contributed by atoms with Crippen molar-refractivity contribution >= 4 is 5.71 Å². The number of likely N-dealkylation sites (tertiary alicyclic amines) is 1. The van der Waals surface area contributed by atoms with E-state index in [0.29, 0.717) is 6.04 Å². The van der Waals surface area contributed by atoms with E-state index in [2.05, 4.69) is 30.1 Å². The molecule has 5 heteroatoms.